The summed E-state index contributed by atoms with van der Waals surface area (Å²) >= 11 is 0. The Balaban J connectivity index is 5.99. The highest BCUT2D eigenvalue weighted by Crippen LogP contribution is 2.26. The van der Waals surface area contributed by atoms with Crippen LogP contribution in [0.2, 0.25) is 0 Å². The molecule has 2 nitrogen and oxygen atoms in total. The minimum Gasteiger partial charge on any atom is -0.383 e. The number of allylic oxidation sites excluding steroid dienone is 5. The van der Waals surface area contributed by atoms with Gasteiger partial charge in [-0.05, 0) is 55.2 Å². The van der Waals surface area contributed by atoms with Gasteiger partial charge in [0.15, 0.2) is 0 Å². The molecule has 0 amide bonds. The topological polar surface area (TPSA) is 15.3 Å². The Hall–Kier alpha value is -1.70. The van der Waals surface area contributed by atoms with Crippen molar-refractivity contribution in [2.75, 3.05) is 14.1 Å². The molecule has 0 saturated heterocycles. The molecule has 2 heteroatoms. The first kappa shape index (κ1) is 18.3. The molecule has 0 saturated carbocycles. The van der Waals surface area contributed by atoms with Gasteiger partial charge in [-0.1, -0.05) is 33.1 Å². The zero-order valence-electron chi connectivity index (χ0n) is 14.0. The van der Waals surface area contributed by atoms with E-state index >= 15 is 0 Å². The quantitative estimate of drug-likeness (QED) is 0.642. The zero-order valence-corrected chi connectivity index (χ0v) is 14.0. The van der Waals surface area contributed by atoms with Crippen molar-refractivity contribution in [3.8, 4) is 0 Å². The van der Waals surface area contributed by atoms with Crippen LogP contribution in [0.4, 0.5) is 0 Å². The third kappa shape index (κ3) is 5.12. The van der Waals surface area contributed by atoms with E-state index in [2.05, 4.69) is 57.3 Å². The van der Waals surface area contributed by atoms with Crippen LogP contribution < -0.4 is 5.32 Å². The predicted molar refractivity (Wildman–Crippen MR) is 91.3 cm³/mol. The second kappa shape index (κ2) is 9.24. The predicted octanol–water partition coefficient (Wildman–Crippen LogP) is 4.76. The third-order valence-electron chi connectivity index (χ3n) is 3.35. The summed E-state index contributed by atoms with van der Waals surface area (Å²) in [5.41, 5.74) is 6.25. The molecule has 0 aromatic rings. The minimum absolute atomic E-state index is 0.969. The molecule has 0 aromatic heterocycles. The van der Waals surface area contributed by atoms with Crippen molar-refractivity contribution < 1.29 is 0 Å². The number of hydrogen-bond donors (Lipinski definition) is 1. The van der Waals surface area contributed by atoms with E-state index in [0.717, 1.165) is 12.8 Å². The molecular weight excluding hydrogens is 244 g/mol. The van der Waals surface area contributed by atoms with Crippen molar-refractivity contribution in [2.24, 2.45) is 0 Å². The number of hydrogen-bond acceptors (Lipinski definition) is 2. The third-order valence-corrected chi connectivity index (χ3v) is 3.35. The van der Waals surface area contributed by atoms with Crippen molar-refractivity contribution in [1.82, 2.24) is 10.2 Å². The van der Waals surface area contributed by atoms with Crippen molar-refractivity contribution in [1.29, 1.82) is 0 Å². The van der Waals surface area contributed by atoms with Gasteiger partial charge in [0, 0.05) is 26.0 Å². The number of nitrogens with zero attached hydrogens (tertiary/aromatic N) is 1. The Morgan fingerprint density at radius 1 is 1.10 bits per heavy atom. The molecule has 0 aliphatic heterocycles. The summed E-state index contributed by atoms with van der Waals surface area (Å²) in [5.74, 6) is 0. The van der Waals surface area contributed by atoms with Gasteiger partial charge in [-0.15, -0.1) is 0 Å². The molecule has 112 valence electrons. The van der Waals surface area contributed by atoms with E-state index in [1.807, 2.05) is 20.2 Å². The summed E-state index contributed by atoms with van der Waals surface area (Å²) in [5, 5.41) is 3.29. The van der Waals surface area contributed by atoms with E-state index in [0.29, 0.717) is 0 Å². The van der Waals surface area contributed by atoms with Gasteiger partial charge in [-0.3, -0.25) is 0 Å². The Labute approximate surface area is 125 Å². The molecule has 0 atom stereocenters. The van der Waals surface area contributed by atoms with E-state index in [9.17, 15) is 0 Å². The molecule has 1 N–H and O–H groups in total. The van der Waals surface area contributed by atoms with E-state index in [4.69, 9.17) is 0 Å². The van der Waals surface area contributed by atoms with Gasteiger partial charge in [-0.25, -0.2) is 0 Å². The van der Waals surface area contributed by atoms with Crippen molar-refractivity contribution in [3.05, 3.63) is 59.6 Å². The molecular formula is C18H30N2. The van der Waals surface area contributed by atoms with E-state index in [1.165, 1.54) is 28.0 Å². The molecule has 0 spiro atoms. The van der Waals surface area contributed by atoms with Crippen molar-refractivity contribution in [3.63, 3.8) is 0 Å². The summed E-state index contributed by atoms with van der Waals surface area (Å²) in [6.45, 7) is 16.4. The van der Waals surface area contributed by atoms with Crippen LogP contribution in [0.1, 0.15) is 40.5 Å². The van der Waals surface area contributed by atoms with Crippen LogP contribution in [0, 0.1) is 0 Å². The lowest BCUT2D eigenvalue weighted by Gasteiger charge is -2.19. The van der Waals surface area contributed by atoms with Gasteiger partial charge in [-0.2, -0.15) is 0 Å². The maximum atomic E-state index is 3.95. The molecule has 0 heterocycles. The SMILES string of the molecule is C=CNC(=C(/C)CC)/C(C)=C(CC)/C(C=C)=C/N(C)C. The van der Waals surface area contributed by atoms with Gasteiger partial charge in [0.25, 0.3) is 0 Å². The highest BCUT2D eigenvalue weighted by atomic mass is 15.0. The van der Waals surface area contributed by atoms with Crippen LogP contribution >= 0.6 is 0 Å². The monoisotopic (exact) mass is 274 g/mol. The lowest BCUT2D eigenvalue weighted by Crippen LogP contribution is -2.11. The maximum absolute atomic E-state index is 3.95. The normalized spacial score (nSPS) is 14.2. The largest absolute Gasteiger partial charge is 0.383 e. The van der Waals surface area contributed by atoms with Crippen LogP contribution in [0.5, 0.6) is 0 Å². The minimum atomic E-state index is 0.969. The Morgan fingerprint density at radius 2 is 1.70 bits per heavy atom. The first-order chi connectivity index (χ1) is 9.42. The smallest absolute Gasteiger partial charge is 0.0401 e. The van der Waals surface area contributed by atoms with Crippen LogP contribution in [-0.4, -0.2) is 19.0 Å². The van der Waals surface area contributed by atoms with E-state index in [-0.39, 0.29) is 0 Å². The molecule has 0 fully saturated rings. The van der Waals surface area contributed by atoms with Crippen LogP contribution in [-0.2, 0) is 0 Å². The van der Waals surface area contributed by atoms with Crippen LogP contribution in [0.3, 0.4) is 0 Å². The highest BCUT2D eigenvalue weighted by molar-refractivity contribution is 5.48. The van der Waals surface area contributed by atoms with Crippen LogP contribution in [0.25, 0.3) is 0 Å². The van der Waals surface area contributed by atoms with Gasteiger partial charge < -0.3 is 10.2 Å². The molecule has 0 rings (SSSR count). The average Bonchev–Trinajstić information content (AvgIpc) is 2.42. The van der Waals surface area contributed by atoms with Gasteiger partial charge in [0.2, 0.25) is 0 Å². The molecule has 0 aromatic carbocycles. The number of rotatable bonds is 8. The molecule has 0 aliphatic carbocycles. The van der Waals surface area contributed by atoms with Gasteiger partial charge in [0.1, 0.15) is 0 Å². The second-order valence-electron chi connectivity index (χ2n) is 5.07. The summed E-state index contributed by atoms with van der Waals surface area (Å²) in [6, 6.07) is 0. The molecule has 0 radical (unpaired) electrons. The van der Waals surface area contributed by atoms with Gasteiger partial charge >= 0.3 is 0 Å². The molecule has 0 unspecified atom stereocenters. The highest BCUT2D eigenvalue weighted by Gasteiger charge is 2.10. The summed E-state index contributed by atoms with van der Waals surface area (Å²) < 4.78 is 0. The second-order valence-corrected chi connectivity index (χ2v) is 5.07. The first-order valence-electron chi connectivity index (χ1n) is 7.21. The molecule has 20 heavy (non-hydrogen) atoms. The molecule has 0 bridgehead atoms. The fourth-order valence-corrected chi connectivity index (χ4v) is 2.20. The fourth-order valence-electron chi connectivity index (χ4n) is 2.20. The lowest BCUT2D eigenvalue weighted by molar-refractivity contribution is 0.560. The lowest BCUT2D eigenvalue weighted by atomic mass is 9.94. The number of nitrogens with one attached hydrogen (secondary N) is 1. The van der Waals surface area contributed by atoms with Gasteiger partial charge in [0.05, 0.1) is 0 Å². The Kier molecular flexibility index (Phi) is 8.46. The Morgan fingerprint density at radius 3 is 2.05 bits per heavy atom. The van der Waals surface area contributed by atoms with Crippen molar-refractivity contribution >= 4 is 0 Å². The standard InChI is InChI=1S/C18H30N2/c1-9-14(5)18(19-12-4)15(6)17(11-3)16(10-2)13-20(7)8/h10,12-13,19H,2,4,9,11H2,1,3,5-8H3/b16-13+,17-15+,18-14-. The fraction of sp³-hybridized carbons (Fsp3) is 0.444. The van der Waals surface area contributed by atoms with E-state index < -0.39 is 0 Å². The summed E-state index contributed by atoms with van der Waals surface area (Å²) in [4.78, 5) is 2.05. The maximum Gasteiger partial charge on any atom is 0.0401 e. The summed E-state index contributed by atoms with van der Waals surface area (Å²) in [7, 11) is 4.06. The summed E-state index contributed by atoms with van der Waals surface area (Å²) in [6.07, 6.45) is 7.77. The first-order valence-corrected chi connectivity index (χ1v) is 7.21. The van der Waals surface area contributed by atoms with E-state index in [1.54, 1.807) is 6.20 Å². The average molecular weight is 274 g/mol. The molecule has 0 aliphatic rings. The van der Waals surface area contributed by atoms with Crippen molar-refractivity contribution in [2.45, 2.75) is 40.5 Å². The van der Waals surface area contributed by atoms with Crippen LogP contribution in [0.15, 0.2) is 59.6 Å². The Bertz CT molecular complexity index is 434. The zero-order chi connectivity index (χ0) is 15.7.